The maximum atomic E-state index is 11.9. The molecule has 17 heavy (non-hydrogen) atoms. The average Bonchev–Trinajstić information content (AvgIpc) is 2.32. The quantitative estimate of drug-likeness (QED) is 0.799. The van der Waals surface area contributed by atoms with E-state index in [-0.39, 0.29) is 5.91 Å². The average molecular weight is 232 g/mol. The predicted molar refractivity (Wildman–Crippen MR) is 71.5 cm³/mol. The number of hydrogen-bond donors (Lipinski definition) is 0. The van der Waals surface area contributed by atoms with Crippen LogP contribution in [0.2, 0.25) is 0 Å². The van der Waals surface area contributed by atoms with Crippen LogP contribution in [0, 0.1) is 5.92 Å². The SMILES string of the molecule is CC(C)CCN1CC(=O)N(C)c2ccccc21. The van der Waals surface area contributed by atoms with Crippen molar-refractivity contribution in [2.75, 3.05) is 29.9 Å². The molecule has 0 bridgehead atoms. The van der Waals surface area contributed by atoms with Crippen LogP contribution in [0.3, 0.4) is 0 Å². The topological polar surface area (TPSA) is 23.6 Å². The third-order valence-electron chi connectivity index (χ3n) is 3.26. The molecule has 0 atom stereocenters. The molecule has 0 spiro atoms. The maximum absolute atomic E-state index is 11.9. The van der Waals surface area contributed by atoms with Gasteiger partial charge in [0.1, 0.15) is 0 Å². The highest BCUT2D eigenvalue weighted by molar-refractivity contribution is 6.02. The van der Waals surface area contributed by atoms with Gasteiger partial charge in [0, 0.05) is 13.6 Å². The van der Waals surface area contributed by atoms with Gasteiger partial charge < -0.3 is 9.80 Å². The number of carbonyl (C=O) groups is 1. The van der Waals surface area contributed by atoms with Crippen LogP contribution >= 0.6 is 0 Å². The first-order valence-corrected chi connectivity index (χ1v) is 6.20. The van der Waals surface area contributed by atoms with Crippen molar-refractivity contribution in [3.05, 3.63) is 24.3 Å². The largest absolute Gasteiger partial charge is 0.361 e. The standard InChI is InChI=1S/C14H20N2O/c1-11(2)8-9-16-10-14(17)15(3)12-6-4-5-7-13(12)16/h4-7,11H,8-10H2,1-3H3. The summed E-state index contributed by atoms with van der Waals surface area (Å²) in [5.74, 6) is 0.837. The normalized spacial score (nSPS) is 15.4. The van der Waals surface area contributed by atoms with Gasteiger partial charge >= 0.3 is 0 Å². The molecule has 0 N–H and O–H groups in total. The van der Waals surface area contributed by atoms with Crippen molar-refractivity contribution in [3.63, 3.8) is 0 Å². The zero-order valence-electron chi connectivity index (χ0n) is 10.8. The molecule has 1 heterocycles. The van der Waals surface area contributed by atoms with Crippen LogP contribution < -0.4 is 9.80 Å². The molecule has 2 rings (SSSR count). The van der Waals surface area contributed by atoms with E-state index in [2.05, 4.69) is 24.8 Å². The number of amides is 1. The second kappa shape index (κ2) is 4.78. The Hall–Kier alpha value is -1.51. The van der Waals surface area contributed by atoms with Crippen LogP contribution in [-0.2, 0) is 4.79 Å². The lowest BCUT2D eigenvalue weighted by Gasteiger charge is -2.35. The third-order valence-corrected chi connectivity index (χ3v) is 3.26. The van der Waals surface area contributed by atoms with E-state index in [4.69, 9.17) is 0 Å². The Bertz CT molecular complexity index is 414. The highest BCUT2D eigenvalue weighted by Crippen LogP contribution is 2.32. The van der Waals surface area contributed by atoms with Crippen LogP contribution in [0.4, 0.5) is 11.4 Å². The minimum atomic E-state index is 0.174. The fourth-order valence-corrected chi connectivity index (χ4v) is 2.12. The fraction of sp³-hybridized carbons (Fsp3) is 0.500. The van der Waals surface area contributed by atoms with Crippen LogP contribution in [0.5, 0.6) is 0 Å². The molecule has 1 aromatic carbocycles. The van der Waals surface area contributed by atoms with E-state index in [9.17, 15) is 4.79 Å². The van der Waals surface area contributed by atoms with E-state index < -0.39 is 0 Å². The second-order valence-electron chi connectivity index (χ2n) is 5.05. The molecule has 0 aromatic heterocycles. The first-order valence-electron chi connectivity index (χ1n) is 6.20. The fourth-order valence-electron chi connectivity index (χ4n) is 2.12. The molecule has 0 fully saturated rings. The molecule has 92 valence electrons. The molecular formula is C14H20N2O. The predicted octanol–water partition coefficient (Wildman–Crippen LogP) is 2.52. The first kappa shape index (κ1) is 12.0. The molecule has 1 aromatic rings. The zero-order valence-corrected chi connectivity index (χ0v) is 10.8. The molecule has 1 aliphatic rings. The highest BCUT2D eigenvalue weighted by Gasteiger charge is 2.25. The van der Waals surface area contributed by atoms with Crippen molar-refractivity contribution < 1.29 is 4.79 Å². The van der Waals surface area contributed by atoms with E-state index in [1.165, 1.54) is 5.69 Å². The summed E-state index contributed by atoms with van der Waals surface area (Å²) in [7, 11) is 1.85. The minimum absolute atomic E-state index is 0.174. The van der Waals surface area contributed by atoms with E-state index in [0.29, 0.717) is 12.5 Å². The summed E-state index contributed by atoms with van der Waals surface area (Å²) in [4.78, 5) is 15.8. The van der Waals surface area contributed by atoms with Gasteiger partial charge in [-0.05, 0) is 24.5 Å². The zero-order chi connectivity index (χ0) is 12.4. The summed E-state index contributed by atoms with van der Waals surface area (Å²) in [6, 6.07) is 8.12. The van der Waals surface area contributed by atoms with Gasteiger partial charge in [0.05, 0.1) is 17.9 Å². The number of anilines is 2. The second-order valence-corrected chi connectivity index (χ2v) is 5.05. The van der Waals surface area contributed by atoms with E-state index in [0.717, 1.165) is 18.7 Å². The highest BCUT2D eigenvalue weighted by atomic mass is 16.2. The molecule has 0 saturated carbocycles. The van der Waals surface area contributed by atoms with Gasteiger partial charge in [-0.25, -0.2) is 0 Å². The Morgan fingerprint density at radius 2 is 1.88 bits per heavy atom. The van der Waals surface area contributed by atoms with Crippen molar-refractivity contribution >= 4 is 17.3 Å². The van der Waals surface area contributed by atoms with Crippen LogP contribution in [0.1, 0.15) is 20.3 Å². The summed E-state index contributed by atoms with van der Waals surface area (Å²) in [5, 5.41) is 0. The molecular weight excluding hydrogens is 212 g/mol. The molecule has 0 aliphatic carbocycles. The first-order chi connectivity index (χ1) is 8.09. The van der Waals surface area contributed by atoms with E-state index in [1.54, 1.807) is 4.90 Å². The number of carbonyl (C=O) groups excluding carboxylic acids is 1. The Morgan fingerprint density at radius 1 is 1.24 bits per heavy atom. The van der Waals surface area contributed by atoms with Gasteiger partial charge in [-0.15, -0.1) is 0 Å². The minimum Gasteiger partial charge on any atom is -0.361 e. The van der Waals surface area contributed by atoms with Crippen LogP contribution in [0.15, 0.2) is 24.3 Å². The molecule has 0 radical (unpaired) electrons. The number of rotatable bonds is 3. The molecule has 0 unspecified atom stereocenters. The van der Waals surface area contributed by atoms with Gasteiger partial charge in [-0.2, -0.15) is 0 Å². The van der Waals surface area contributed by atoms with E-state index in [1.807, 2.05) is 25.2 Å². The lowest BCUT2D eigenvalue weighted by Crippen LogP contribution is -2.44. The van der Waals surface area contributed by atoms with Gasteiger partial charge in [0.15, 0.2) is 0 Å². The van der Waals surface area contributed by atoms with Crippen molar-refractivity contribution in [1.82, 2.24) is 0 Å². The maximum Gasteiger partial charge on any atom is 0.246 e. The van der Waals surface area contributed by atoms with Crippen molar-refractivity contribution in [2.24, 2.45) is 5.92 Å². The number of benzene rings is 1. The summed E-state index contributed by atoms with van der Waals surface area (Å²) < 4.78 is 0. The lowest BCUT2D eigenvalue weighted by molar-refractivity contribution is -0.117. The Labute approximate surface area is 103 Å². The monoisotopic (exact) mass is 232 g/mol. The molecule has 1 aliphatic heterocycles. The summed E-state index contributed by atoms with van der Waals surface area (Å²) >= 11 is 0. The van der Waals surface area contributed by atoms with Gasteiger partial charge in [0.25, 0.3) is 0 Å². The summed E-state index contributed by atoms with van der Waals surface area (Å²) in [5.41, 5.74) is 2.20. The number of likely N-dealkylation sites (N-methyl/N-ethyl adjacent to an activating group) is 1. The van der Waals surface area contributed by atoms with Crippen molar-refractivity contribution in [3.8, 4) is 0 Å². The third kappa shape index (κ3) is 2.43. The smallest absolute Gasteiger partial charge is 0.246 e. The molecule has 0 saturated heterocycles. The van der Waals surface area contributed by atoms with E-state index >= 15 is 0 Å². The Morgan fingerprint density at radius 3 is 2.53 bits per heavy atom. The van der Waals surface area contributed by atoms with Gasteiger partial charge in [-0.3, -0.25) is 4.79 Å². The number of para-hydroxylation sites is 2. The van der Waals surface area contributed by atoms with Crippen molar-refractivity contribution in [2.45, 2.75) is 20.3 Å². The lowest BCUT2D eigenvalue weighted by atomic mass is 10.1. The number of fused-ring (bicyclic) bond motifs is 1. The number of nitrogens with zero attached hydrogens (tertiary/aromatic N) is 2. The molecule has 1 amide bonds. The summed E-state index contributed by atoms with van der Waals surface area (Å²) in [6.45, 7) is 5.88. The van der Waals surface area contributed by atoms with Gasteiger partial charge in [0.2, 0.25) is 5.91 Å². The molecule has 3 heteroatoms. The van der Waals surface area contributed by atoms with Crippen LogP contribution in [-0.4, -0.2) is 26.0 Å². The van der Waals surface area contributed by atoms with Crippen LogP contribution in [0.25, 0.3) is 0 Å². The molecule has 3 nitrogen and oxygen atoms in total. The van der Waals surface area contributed by atoms with Gasteiger partial charge in [-0.1, -0.05) is 26.0 Å². The Kier molecular flexibility index (Phi) is 3.36. The van der Waals surface area contributed by atoms with Crippen molar-refractivity contribution in [1.29, 1.82) is 0 Å². The number of hydrogen-bond acceptors (Lipinski definition) is 2. The Balaban J connectivity index is 2.24. The summed E-state index contributed by atoms with van der Waals surface area (Å²) in [6.07, 6.45) is 1.12.